The van der Waals surface area contributed by atoms with Gasteiger partial charge in [0.25, 0.3) is 5.91 Å². The molecular weight excluding hydrogens is 309 g/mol. The lowest BCUT2D eigenvalue weighted by atomic mass is 10.0. The molecule has 0 aliphatic rings. The van der Waals surface area contributed by atoms with Gasteiger partial charge >= 0.3 is 6.18 Å². The van der Waals surface area contributed by atoms with Crippen molar-refractivity contribution in [1.82, 2.24) is 19.4 Å². The molecule has 0 saturated carbocycles. The summed E-state index contributed by atoms with van der Waals surface area (Å²) in [6.45, 7) is 3.88. The van der Waals surface area contributed by atoms with E-state index in [1.807, 2.05) is 0 Å². The molecule has 0 aliphatic carbocycles. The molecule has 2 aromatic rings. The Morgan fingerprint density at radius 2 is 1.96 bits per heavy atom. The van der Waals surface area contributed by atoms with Gasteiger partial charge in [-0.15, -0.1) is 0 Å². The van der Waals surface area contributed by atoms with Gasteiger partial charge in [-0.25, -0.2) is 9.97 Å². The fraction of sp³-hybridized carbons (Fsp3) is 0.533. The molecular formula is C15H19F3N4O. The predicted octanol–water partition coefficient (Wildman–Crippen LogP) is 3.02. The minimum atomic E-state index is -4.46. The van der Waals surface area contributed by atoms with E-state index in [0.29, 0.717) is 11.2 Å². The number of amides is 1. The summed E-state index contributed by atoms with van der Waals surface area (Å²) in [5.74, 6) is -0.795. The smallest absolute Gasteiger partial charge is 0.327 e. The highest BCUT2D eigenvalue weighted by atomic mass is 19.4. The van der Waals surface area contributed by atoms with Crippen LogP contribution in [0.1, 0.15) is 31.1 Å². The molecule has 0 spiro atoms. The minimum Gasteiger partial charge on any atom is -0.327 e. The first-order chi connectivity index (χ1) is 10.6. The van der Waals surface area contributed by atoms with Crippen molar-refractivity contribution < 1.29 is 18.0 Å². The van der Waals surface area contributed by atoms with E-state index in [4.69, 9.17) is 0 Å². The Balaban J connectivity index is 2.37. The van der Waals surface area contributed by atoms with Crippen molar-refractivity contribution >= 4 is 17.1 Å². The van der Waals surface area contributed by atoms with Crippen molar-refractivity contribution in [2.75, 3.05) is 6.54 Å². The van der Waals surface area contributed by atoms with Gasteiger partial charge in [-0.2, -0.15) is 13.2 Å². The molecule has 1 atom stereocenters. The van der Waals surface area contributed by atoms with Gasteiger partial charge < -0.3 is 9.47 Å². The molecule has 8 heteroatoms. The van der Waals surface area contributed by atoms with Crippen LogP contribution in [0.4, 0.5) is 13.2 Å². The summed E-state index contributed by atoms with van der Waals surface area (Å²) in [5, 5.41) is 0. The fourth-order valence-electron chi connectivity index (χ4n) is 2.25. The number of nitrogens with zero attached hydrogens (tertiary/aromatic N) is 4. The molecule has 2 heterocycles. The van der Waals surface area contributed by atoms with Crippen LogP contribution in [0.5, 0.6) is 0 Å². The molecule has 1 amide bonds. The number of imidazole rings is 1. The molecule has 0 aromatic carbocycles. The van der Waals surface area contributed by atoms with Crippen LogP contribution in [0.2, 0.25) is 0 Å². The summed E-state index contributed by atoms with van der Waals surface area (Å²) < 4.78 is 40.2. The number of rotatable bonds is 4. The van der Waals surface area contributed by atoms with E-state index in [-0.39, 0.29) is 11.5 Å². The lowest BCUT2D eigenvalue weighted by Crippen LogP contribution is -2.46. The topological polar surface area (TPSA) is 51.0 Å². The van der Waals surface area contributed by atoms with Gasteiger partial charge in [-0.05, 0) is 18.9 Å². The van der Waals surface area contributed by atoms with Gasteiger partial charge in [0.1, 0.15) is 12.1 Å². The highest BCUT2D eigenvalue weighted by Gasteiger charge is 2.36. The van der Waals surface area contributed by atoms with E-state index in [1.54, 1.807) is 32.4 Å². The SMILES string of the molecule is CC(C)C(C)N(CC(F)(F)F)C(=O)c1cnc2c(c1)ncn2C. The fourth-order valence-corrected chi connectivity index (χ4v) is 2.25. The largest absolute Gasteiger partial charge is 0.406 e. The molecule has 0 fully saturated rings. The second-order valence-corrected chi connectivity index (χ2v) is 5.96. The van der Waals surface area contributed by atoms with Crippen LogP contribution in [-0.4, -0.2) is 44.1 Å². The van der Waals surface area contributed by atoms with Crippen molar-refractivity contribution in [3.05, 3.63) is 24.2 Å². The number of aryl methyl sites for hydroxylation is 1. The summed E-state index contributed by atoms with van der Waals surface area (Å²) in [4.78, 5) is 21.6. The van der Waals surface area contributed by atoms with Crippen LogP contribution in [0.15, 0.2) is 18.6 Å². The molecule has 5 nitrogen and oxygen atoms in total. The zero-order valence-electron chi connectivity index (χ0n) is 13.4. The van der Waals surface area contributed by atoms with Gasteiger partial charge in [0.15, 0.2) is 5.65 Å². The average molecular weight is 328 g/mol. The number of carbonyl (C=O) groups excluding carboxylic acids is 1. The van der Waals surface area contributed by atoms with Gasteiger partial charge in [0.2, 0.25) is 0 Å². The predicted molar refractivity (Wildman–Crippen MR) is 79.9 cm³/mol. The second-order valence-electron chi connectivity index (χ2n) is 5.96. The highest BCUT2D eigenvalue weighted by molar-refractivity contribution is 5.96. The Labute approximate surface area is 132 Å². The Morgan fingerprint density at radius 3 is 2.52 bits per heavy atom. The number of hydrogen-bond donors (Lipinski definition) is 0. The molecule has 126 valence electrons. The standard InChI is InChI=1S/C15H19F3N4O/c1-9(2)10(3)22(7-15(16,17)18)14(23)11-5-12-13(19-6-11)21(4)8-20-12/h5-6,8-10H,7H2,1-4H3. The minimum absolute atomic E-state index is 0.104. The quantitative estimate of drug-likeness (QED) is 0.867. The summed E-state index contributed by atoms with van der Waals surface area (Å²) in [5.41, 5.74) is 1.15. The zero-order valence-corrected chi connectivity index (χ0v) is 13.4. The van der Waals surface area contributed by atoms with Gasteiger partial charge in [-0.3, -0.25) is 4.79 Å². The van der Waals surface area contributed by atoms with Gasteiger partial charge in [-0.1, -0.05) is 13.8 Å². The number of aromatic nitrogens is 3. The number of alkyl halides is 3. The summed E-state index contributed by atoms with van der Waals surface area (Å²) >= 11 is 0. The number of fused-ring (bicyclic) bond motifs is 1. The normalized spacial score (nSPS) is 13.6. The Hall–Kier alpha value is -2.12. The van der Waals surface area contributed by atoms with Crippen LogP contribution < -0.4 is 0 Å². The molecule has 0 radical (unpaired) electrons. The first kappa shape index (κ1) is 17.2. The van der Waals surface area contributed by atoms with E-state index in [2.05, 4.69) is 9.97 Å². The van der Waals surface area contributed by atoms with E-state index in [9.17, 15) is 18.0 Å². The van der Waals surface area contributed by atoms with E-state index in [0.717, 1.165) is 4.90 Å². The van der Waals surface area contributed by atoms with Crippen molar-refractivity contribution in [1.29, 1.82) is 0 Å². The van der Waals surface area contributed by atoms with E-state index in [1.165, 1.54) is 18.6 Å². The molecule has 0 bridgehead atoms. The molecule has 1 unspecified atom stereocenters. The second kappa shape index (κ2) is 6.17. The zero-order chi connectivity index (χ0) is 17.4. The van der Waals surface area contributed by atoms with Crippen molar-refractivity contribution in [3.63, 3.8) is 0 Å². The average Bonchev–Trinajstić information content (AvgIpc) is 2.83. The van der Waals surface area contributed by atoms with E-state index >= 15 is 0 Å². The number of pyridine rings is 1. The molecule has 0 saturated heterocycles. The molecule has 0 aliphatic heterocycles. The van der Waals surface area contributed by atoms with Crippen LogP contribution in [0.3, 0.4) is 0 Å². The third-order valence-electron chi connectivity index (χ3n) is 3.87. The van der Waals surface area contributed by atoms with E-state index < -0.39 is 24.7 Å². The summed E-state index contributed by atoms with van der Waals surface area (Å²) in [6, 6.07) is 0.921. The maximum Gasteiger partial charge on any atom is 0.406 e. The lowest BCUT2D eigenvalue weighted by Gasteiger charge is -2.32. The van der Waals surface area contributed by atoms with Gasteiger partial charge in [0.05, 0.1) is 11.9 Å². The number of carbonyl (C=O) groups is 1. The van der Waals surface area contributed by atoms with Crippen molar-refractivity contribution in [2.45, 2.75) is 33.0 Å². The molecule has 2 rings (SSSR count). The van der Waals surface area contributed by atoms with Crippen LogP contribution in [-0.2, 0) is 7.05 Å². The Bertz CT molecular complexity index is 708. The highest BCUT2D eigenvalue weighted by Crippen LogP contribution is 2.23. The summed E-state index contributed by atoms with van der Waals surface area (Å²) in [7, 11) is 1.75. The third-order valence-corrected chi connectivity index (χ3v) is 3.87. The lowest BCUT2D eigenvalue weighted by molar-refractivity contribution is -0.145. The monoisotopic (exact) mass is 328 g/mol. The Morgan fingerprint density at radius 1 is 1.30 bits per heavy atom. The van der Waals surface area contributed by atoms with Crippen LogP contribution >= 0.6 is 0 Å². The maximum atomic E-state index is 12.8. The van der Waals surface area contributed by atoms with Gasteiger partial charge in [0, 0.05) is 19.3 Å². The molecule has 23 heavy (non-hydrogen) atoms. The van der Waals surface area contributed by atoms with Crippen LogP contribution in [0, 0.1) is 5.92 Å². The molecule has 0 N–H and O–H groups in total. The number of halogens is 3. The number of hydrogen-bond acceptors (Lipinski definition) is 3. The first-order valence-corrected chi connectivity index (χ1v) is 7.25. The van der Waals surface area contributed by atoms with Crippen molar-refractivity contribution in [3.8, 4) is 0 Å². The maximum absolute atomic E-state index is 12.8. The van der Waals surface area contributed by atoms with Crippen molar-refractivity contribution in [2.24, 2.45) is 13.0 Å². The molecule has 2 aromatic heterocycles. The Kier molecular flexibility index (Phi) is 4.63. The summed E-state index contributed by atoms with van der Waals surface area (Å²) in [6.07, 6.45) is -1.62. The first-order valence-electron chi connectivity index (χ1n) is 7.25. The van der Waals surface area contributed by atoms with Crippen LogP contribution in [0.25, 0.3) is 11.2 Å². The third kappa shape index (κ3) is 3.80.